The minimum absolute atomic E-state index is 0.111. The number of rotatable bonds is 6. The van der Waals surface area contributed by atoms with Gasteiger partial charge in [-0.2, -0.15) is 4.31 Å². The molecule has 0 saturated heterocycles. The number of hydrogen-bond donors (Lipinski definition) is 1. The molecule has 0 aliphatic rings. The molecule has 0 saturated carbocycles. The Morgan fingerprint density at radius 1 is 1.37 bits per heavy atom. The SMILES string of the molecule is C=CCN(CC(=O)Nc1ccc(C)cc1)S(C)(=O)=O. The highest BCUT2D eigenvalue weighted by Crippen LogP contribution is 2.09. The van der Waals surface area contributed by atoms with Crippen molar-refractivity contribution >= 4 is 21.6 Å². The first-order chi connectivity index (χ1) is 8.82. The second kappa shape index (κ2) is 6.49. The number of carbonyl (C=O) groups is 1. The van der Waals surface area contributed by atoms with E-state index in [1.165, 1.54) is 6.08 Å². The van der Waals surface area contributed by atoms with Crippen LogP contribution < -0.4 is 5.32 Å². The fraction of sp³-hybridized carbons (Fsp3) is 0.308. The molecule has 0 aliphatic carbocycles. The number of aryl methyl sites for hydroxylation is 1. The van der Waals surface area contributed by atoms with Crippen LogP contribution >= 0.6 is 0 Å². The van der Waals surface area contributed by atoms with Gasteiger partial charge >= 0.3 is 0 Å². The number of carbonyl (C=O) groups excluding carboxylic acids is 1. The third-order valence-electron chi connectivity index (χ3n) is 2.46. The molecule has 0 spiro atoms. The molecule has 6 heteroatoms. The van der Waals surface area contributed by atoms with Crippen LogP contribution in [0, 0.1) is 6.92 Å². The highest BCUT2D eigenvalue weighted by molar-refractivity contribution is 7.88. The van der Waals surface area contributed by atoms with Gasteiger partial charge in [-0.1, -0.05) is 23.8 Å². The van der Waals surface area contributed by atoms with E-state index in [1.807, 2.05) is 19.1 Å². The number of nitrogens with zero attached hydrogens (tertiary/aromatic N) is 1. The highest BCUT2D eigenvalue weighted by atomic mass is 32.2. The van der Waals surface area contributed by atoms with Crippen LogP contribution in [0.3, 0.4) is 0 Å². The average Bonchev–Trinajstić information content (AvgIpc) is 2.30. The van der Waals surface area contributed by atoms with Crippen LogP contribution in [0.5, 0.6) is 0 Å². The lowest BCUT2D eigenvalue weighted by Gasteiger charge is -2.17. The zero-order valence-corrected chi connectivity index (χ0v) is 11.9. The maximum absolute atomic E-state index is 11.8. The minimum atomic E-state index is -3.42. The molecule has 1 N–H and O–H groups in total. The van der Waals surface area contributed by atoms with E-state index in [4.69, 9.17) is 0 Å². The number of hydrogen-bond acceptors (Lipinski definition) is 3. The molecular weight excluding hydrogens is 264 g/mol. The van der Waals surface area contributed by atoms with Crippen molar-refractivity contribution in [3.8, 4) is 0 Å². The summed E-state index contributed by atoms with van der Waals surface area (Å²) in [5.74, 6) is -0.379. The Bertz CT molecular complexity index is 550. The number of anilines is 1. The number of benzene rings is 1. The zero-order valence-electron chi connectivity index (χ0n) is 11.1. The predicted octanol–water partition coefficient (Wildman–Crippen LogP) is 1.38. The van der Waals surface area contributed by atoms with Gasteiger partial charge in [0.25, 0.3) is 0 Å². The maximum Gasteiger partial charge on any atom is 0.239 e. The normalized spacial score (nSPS) is 11.3. The third kappa shape index (κ3) is 5.23. The molecule has 1 rings (SSSR count). The summed E-state index contributed by atoms with van der Waals surface area (Å²) >= 11 is 0. The summed E-state index contributed by atoms with van der Waals surface area (Å²) in [7, 11) is -3.42. The average molecular weight is 282 g/mol. The van der Waals surface area contributed by atoms with Crippen LogP contribution in [-0.4, -0.2) is 38.0 Å². The van der Waals surface area contributed by atoms with E-state index in [0.717, 1.165) is 16.1 Å². The molecule has 0 aliphatic heterocycles. The molecule has 0 unspecified atom stereocenters. The van der Waals surface area contributed by atoms with E-state index in [1.54, 1.807) is 12.1 Å². The molecule has 0 fully saturated rings. The van der Waals surface area contributed by atoms with Crippen molar-refractivity contribution in [1.82, 2.24) is 4.31 Å². The number of nitrogens with one attached hydrogen (secondary N) is 1. The fourth-order valence-electron chi connectivity index (χ4n) is 1.46. The monoisotopic (exact) mass is 282 g/mol. The predicted molar refractivity (Wildman–Crippen MR) is 76.4 cm³/mol. The first kappa shape index (κ1) is 15.4. The smallest absolute Gasteiger partial charge is 0.239 e. The Morgan fingerprint density at radius 2 is 1.95 bits per heavy atom. The molecule has 0 heterocycles. The van der Waals surface area contributed by atoms with Crippen LogP contribution in [0.25, 0.3) is 0 Å². The molecule has 19 heavy (non-hydrogen) atoms. The lowest BCUT2D eigenvalue weighted by Crippen LogP contribution is -2.37. The first-order valence-corrected chi connectivity index (χ1v) is 7.60. The van der Waals surface area contributed by atoms with Crippen molar-refractivity contribution < 1.29 is 13.2 Å². The number of amides is 1. The summed E-state index contributed by atoms with van der Waals surface area (Å²) in [6.45, 7) is 5.31. The third-order valence-corrected chi connectivity index (χ3v) is 3.67. The van der Waals surface area contributed by atoms with Crippen molar-refractivity contribution in [3.05, 3.63) is 42.5 Å². The quantitative estimate of drug-likeness (QED) is 0.802. The molecule has 0 atom stereocenters. The van der Waals surface area contributed by atoms with E-state index in [2.05, 4.69) is 11.9 Å². The van der Waals surface area contributed by atoms with E-state index < -0.39 is 10.0 Å². The van der Waals surface area contributed by atoms with Crippen LogP contribution in [0.4, 0.5) is 5.69 Å². The molecule has 5 nitrogen and oxygen atoms in total. The minimum Gasteiger partial charge on any atom is -0.325 e. The first-order valence-electron chi connectivity index (χ1n) is 5.75. The second-order valence-corrected chi connectivity index (χ2v) is 6.24. The molecule has 0 bridgehead atoms. The lowest BCUT2D eigenvalue weighted by molar-refractivity contribution is -0.116. The van der Waals surface area contributed by atoms with E-state index in [0.29, 0.717) is 5.69 Å². The maximum atomic E-state index is 11.8. The van der Waals surface area contributed by atoms with Gasteiger partial charge in [0, 0.05) is 12.2 Å². The summed E-state index contributed by atoms with van der Waals surface area (Å²) in [5.41, 5.74) is 1.73. The van der Waals surface area contributed by atoms with Crippen LogP contribution in [0.15, 0.2) is 36.9 Å². The van der Waals surface area contributed by atoms with Gasteiger partial charge in [0.2, 0.25) is 15.9 Å². The summed E-state index contributed by atoms with van der Waals surface area (Å²) in [4.78, 5) is 11.8. The van der Waals surface area contributed by atoms with Crippen LogP contribution in [0.1, 0.15) is 5.56 Å². The summed E-state index contributed by atoms with van der Waals surface area (Å²) in [6.07, 6.45) is 2.51. The van der Waals surface area contributed by atoms with Gasteiger partial charge in [-0.25, -0.2) is 8.42 Å². The van der Waals surface area contributed by atoms with Gasteiger partial charge in [-0.05, 0) is 19.1 Å². The highest BCUT2D eigenvalue weighted by Gasteiger charge is 2.18. The van der Waals surface area contributed by atoms with Crippen molar-refractivity contribution in [3.63, 3.8) is 0 Å². The van der Waals surface area contributed by atoms with Gasteiger partial charge in [-0.3, -0.25) is 4.79 Å². The molecule has 1 aromatic rings. The second-order valence-electron chi connectivity index (χ2n) is 4.26. The Kier molecular flexibility index (Phi) is 5.26. The number of sulfonamides is 1. The molecular formula is C13H18N2O3S. The van der Waals surface area contributed by atoms with Gasteiger partial charge < -0.3 is 5.32 Å². The van der Waals surface area contributed by atoms with E-state index in [9.17, 15) is 13.2 Å². The van der Waals surface area contributed by atoms with Crippen molar-refractivity contribution in [1.29, 1.82) is 0 Å². The molecule has 104 valence electrons. The largest absolute Gasteiger partial charge is 0.325 e. The zero-order chi connectivity index (χ0) is 14.5. The van der Waals surface area contributed by atoms with Crippen molar-refractivity contribution in [2.45, 2.75) is 6.92 Å². The standard InChI is InChI=1S/C13H18N2O3S/c1-4-9-15(19(3,17)18)10-13(16)14-12-7-5-11(2)6-8-12/h4-8H,1,9-10H2,2-3H3,(H,14,16). The molecule has 0 aromatic heterocycles. The molecule has 0 radical (unpaired) electrons. The molecule has 1 aromatic carbocycles. The lowest BCUT2D eigenvalue weighted by atomic mass is 10.2. The summed E-state index contributed by atoms with van der Waals surface area (Å²) in [6, 6.07) is 7.28. The Hall–Kier alpha value is -1.66. The van der Waals surface area contributed by atoms with Gasteiger partial charge in [0.15, 0.2) is 0 Å². The topological polar surface area (TPSA) is 66.5 Å². The summed E-state index contributed by atoms with van der Waals surface area (Å²) < 4.78 is 24.0. The van der Waals surface area contributed by atoms with Crippen molar-refractivity contribution in [2.75, 3.05) is 24.7 Å². The van der Waals surface area contributed by atoms with Gasteiger partial charge in [0.05, 0.1) is 12.8 Å². The van der Waals surface area contributed by atoms with E-state index in [-0.39, 0.29) is 19.0 Å². The Morgan fingerprint density at radius 3 is 2.42 bits per heavy atom. The van der Waals surface area contributed by atoms with Crippen LogP contribution in [0.2, 0.25) is 0 Å². The fourth-order valence-corrected chi connectivity index (χ4v) is 2.19. The van der Waals surface area contributed by atoms with Gasteiger partial charge in [0.1, 0.15) is 0 Å². The van der Waals surface area contributed by atoms with Crippen LogP contribution in [-0.2, 0) is 14.8 Å². The summed E-state index contributed by atoms with van der Waals surface area (Å²) in [5, 5.41) is 2.65. The van der Waals surface area contributed by atoms with E-state index >= 15 is 0 Å². The Balaban J connectivity index is 2.68. The molecule has 1 amide bonds. The van der Waals surface area contributed by atoms with Crippen molar-refractivity contribution in [2.24, 2.45) is 0 Å². The van der Waals surface area contributed by atoms with Gasteiger partial charge in [-0.15, -0.1) is 6.58 Å². The Labute approximate surface area is 114 Å².